The maximum atomic E-state index is 12.3. The molecule has 4 N–H and O–H groups in total. The summed E-state index contributed by atoms with van der Waals surface area (Å²) in [5.74, 6) is 0. The van der Waals surface area contributed by atoms with E-state index in [-0.39, 0.29) is 6.67 Å². The van der Waals surface area contributed by atoms with E-state index in [1.54, 1.807) is 26.1 Å². The van der Waals surface area contributed by atoms with E-state index in [2.05, 4.69) is 21.9 Å². The number of nitrogens with two attached hydrogens (primary N) is 1. The lowest BCUT2D eigenvalue weighted by Gasteiger charge is -2.12. The minimum absolute atomic E-state index is 0.0614. The molecule has 1 aromatic rings. The lowest BCUT2D eigenvalue weighted by molar-refractivity contribution is -0.0925. The van der Waals surface area contributed by atoms with Gasteiger partial charge in [0.05, 0.1) is 4.88 Å². The van der Waals surface area contributed by atoms with Gasteiger partial charge < -0.3 is 16.2 Å². The Morgan fingerprint density at radius 1 is 1.38 bits per heavy atom. The van der Waals surface area contributed by atoms with Gasteiger partial charge in [0, 0.05) is 18.1 Å². The number of aliphatic hydroxyl groups is 1. The molecule has 9 heteroatoms. The van der Waals surface area contributed by atoms with Crippen molar-refractivity contribution in [2.24, 2.45) is 10.7 Å². The van der Waals surface area contributed by atoms with Crippen LogP contribution in [0.2, 0.25) is 0 Å². The number of aliphatic imine (C=N–C) groups is 1. The van der Waals surface area contributed by atoms with E-state index in [1.165, 1.54) is 11.3 Å². The summed E-state index contributed by atoms with van der Waals surface area (Å²) in [6.45, 7) is 11.4. The minimum atomic E-state index is -4.57. The molecular formula is C20H27F3N4OS. The van der Waals surface area contributed by atoms with E-state index in [9.17, 15) is 18.3 Å². The van der Waals surface area contributed by atoms with Crippen LogP contribution < -0.4 is 11.1 Å². The fourth-order valence-corrected chi connectivity index (χ4v) is 2.75. The third-order valence-electron chi connectivity index (χ3n) is 3.70. The molecule has 0 radical (unpaired) electrons. The Labute approximate surface area is 173 Å². The lowest BCUT2D eigenvalue weighted by Crippen LogP contribution is -2.19. The highest BCUT2D eigenvalue weighted by molar-refractivity contribution is 7.12. The van der Waals surface area contributed by atoms with Crippen molar-refractivity contribution >= 4 is 23.1 Å². The maximum absolute atomic E-state index is 12.3. The molecule has 0 aliphatic rings. The van der Waals surface area contributed by atoms with Gasteiger partial charge in [0.15, 0.2) is 0 Å². The number of nitrogens with zero attached hydrogens (tertiary/aromatic N) is 2. The molecule has 1 aromatic heterocycles. The summed E-state index contributed by atoms with van der Waals surface area (Å²) < 4.78 is 37.0. The molecule has 160 valence electrons. The van der Waals surface area contributed by atoms with Crippen molar-refractivity contribution in [2.75, 3.05) is 6.67 Å². The van der Waals surface area contributed by atoms with Crippen LogP contribution in [0.1, 0.15) is 44.0 Å². The van der Waals surface area contributed by atoms with Crippen LogP contribution in [0.25, 0.3) is 5.57 Å². The standard InChI is InChI=1S/C20H27F3N4OS/c1-6-13(2)9-15(27-12-25-8-7-17(24)20(21,22)23)10-14(3)16-11-26-18(29-16)19(4,5)28/h7-11,27-28H,3,6,12,24H2,1-2,4-5H3/b13-9+,15-10+,17-7-,25-8-. The molecule has 0 bridgehead atoms. The van der Waals surface area contributed by atoms with Crippen LogP contribution in [0.5, 0.6) is 0 Å². The van der Waals surface area contributed by atoms with Gasteiger partial charge in [-0.1, -0.05) is 19.1 Å². The van der Waals surface area contributed by atoms with E-state index in [0.717, 1.165) is 23.1 Å². The van der Waals surface area contributed by atoms with Crippen molar-refractivity contribution in [3.63, 3.8) is 0 Å². The minimum Gasteiger partial charge on any atom is -0.395 e. The topological polar surface area (TPSA) is 83.5 Å². The fourth-order valence-electron chi connectivity index (χ4n) is 1.89. The molecule has 0 unspecified atom stereocenters. The van der Waals surface area contributed by atoms with Crippen molar-refractivity contribution in [3.05, 3.63) is 57.9 Å². The summed E-state index contributed by atoms with van der Waals surface area (Å²) in [5, 5.41) is 13.7. The smallest absolute Gasteiger partial charge is 0.395 e. The maximum Gasteiger partial charge on any atom is 0.430 e. The predicted octanol–water partition coefficient (Wildman–Crippen LogP) is 4.65. The van der Waals surface area contributed by atoms with Gasteiger partial charge >= 0.3 is 6.18 Å². The molecule has 1 heterocycles. The Morgan fingerprint density at radius 2 is 2.03 bits per heavy atom. The van der Waals surface area contributed by atoms with Gasteiger partial charge in [0.2, 0.25) is 0 Å². The molecule has 0 spiro atoms. The number of thiazole rings is 1. The summed E-state index contributed by atoms with van der Waals surface area (Å²) in [5.41, 5.74) is 5.16. The van der Waals surface area contributed by atoms with Gasteiger partial charge in [0.1, 0.15) is 23.0 Å². The van der Waals surface area contributed by atoms with Crippen molar-refractivity contribution in [2.45, 2.75) is 45.9 Å². The summed E-state index contributed by atoms with van der Waals surface area (Å²) >= 11 is 1.34. The van der Waals surface area contributed by atoms with Crippen LogP contribution in [0.4, 0.5) is 13.2 Å². The van der Waals surface area contributed by atoms with E-state index >= 15 is 0 Å². The molecule has 0 aromatic carbocycles. The largest absolute Gasteiger partial charge is 0.430 e. The molecule has 5 nitrogen and oxygen atoms in total. The van der Waals surface area contributed by atoms with Gasteiger partial charge in [-0.2, -0.15) is 13.2 Å². The summed E-state index contributed by atoms with van der Waals surface area (Å²) in [6, 6.07) is 0. The van der Waals surface area contributed by atoms with Crippen LogP contribution in [0.3, 0.4) is 0 Å². The van der Waals surface area contributed by atoms with E-state index in [0.29, 0.717) is 22.4 Å². The van der Waals surface area contributed by atoms with E-state index < -0.39 is 17.5 Å². The van der Waals surface area contributed by atoms with E-state index in [4.69, 9.17) is 5.73 Å². The van der Waals surface area contributed by atoms with Crippen molar-refractivity contribution < 1.29 is 18.3 Å². The van der Waals surface area contributed by atoms with Crippen LogP contribution in [0.15, 0.2) is 53.0 Å². The fraction of sp³-hybridized carbons (Fsp3) is 0.400. The van der Waals surface area contributed by atoms with Crippen molar-refractivity contribution in [1.29, 1.82) is 0 Å². The van der Waals surface area contributed by atoms with Crippen LogP contribution in [0, 0.1) is 0 Å². The summed E-state index contributed by atoms with van der Waals surface area (Å²) in [4.78, 5) is 8.90. The highest BCUT2D eigenvalue weighted by Gasteiger charge is 2.30. The Hall–Kier alpha value is -2.39. The molecule has 29 heavy (non-hydrogen) atoms. The number of alkyl halides is 3. The molecule has 1 rings (SSSR count). The number of hydrogen-bond donors (Lipinski definition) is 3. The van der Waals surface area contributed by atoms with Crippen molar-refractivity contribution in [3.8, 4) is 0 Å². The number of halogens is 3. The van der Waals surface area contributed by atoms with Gasteiger partial charge in [-0.25, -0.2) is 4.98 Å². The molecule has 0 saturated carbocycles. The lowest BCUT2D eigenvalue weighted by atomic mass is 10.1. The number of aromatic nitrogens is 1. The second kappa shape index (κ2) is 10.4. The SMILES string of the molecule is C=C(/C=C(\C=C(/C)CC)NC/N=C\C=C(/N)C(F)(F)F)c1cnc(C(C)(C)O)s1. The first-order valence-electron chi connectivity index (χ1n) is 8.88. The highest BCUT2D eigenvalue weighted by atomic mass is 32.1. The predicted molar refractivity (Wildman–Crippen MR) is 113 cm³/mol. The van der Waals surface area contributed by atoms with Gasteiger partial charge in [0.25, 0.3) is 0 Å². The average molecular weight is 429 g/mol. The van der Waals surface area contributed by atoms with Crippen LogP contribution >= 0.6 is 11.3 Å². The molecule has 0 amide bonds. The summed E-state index contributed by atoms with van der Waals surface area (Å²) in [7, 11) is 0. The van der Waals surface area contributed by atoms with Crippen LogP contribution in [-0.4, -0.2) is 29.2 Å². The third kappa shape index (κ3) is 8.66. The summed E-state index contributed by atoms with van der Waals surface area (Å²) in [6.07, 6.45) is 3.36. The zero-order valence-corrected chi connectivity index (χ0v) is 17.8. The van der Waals surface area contributed by atoms with Gasteiger partial charge in [-0.15, -0.1) is 11.3 Å². The third-order valence-corrected chi connectivity index (χ3v) is 5.08. The zero-order valence-electron chi connectivity index (χ0n) is 17.0. The molecule has 0 atom stereocenters. The van der Waals surface area contributed by atoms with E-state index in [1.807, 2.05) is 19.9 Å². The molecule has 0 aliphatic carbocycles. The normalized spacial score (nSPS) is 14.6. The first kappa shape index (κ1) is 24.6. The first-order valence-corrected chi connectivity index (χ1v) is 9.69. The highest BCUT2D eigenvalue weighted by Crippen LogP contribution is 2.29. The number of rotatable bonds is 9. The van der Waals surface area contributed by atoms with Gasteiger partial charge in [-0.05, 0) is 51.0 Å². The Kier molecular flexibility index (Phi) is 8.84. The molecule has 0 aliphatic heterocycles. The molecular weight excluding hydrogens is 401 g/mol. The molecule has 0 saturated heterocycles. The second-order valence-electron chi connectivity index (χ2n) is 6.84. The van der Waals surface area contributed by atoms with Crippen LogP contribution in [-0.2, 0) is 5.60 Å². The first-order chi connectivity index (χ1) is 13.3. The monoisotopic (exact) mass is 428 g/mol. The average Bonchev–Trinajstić information content (AvgIpc) is 3.10. The molecule has 0 fully saturated rings. The Balaban J connectivity index is 2.93. The Morgan fingerprint density at radius 3 is 2.55 bits per heavy atom. The quantitative estimate of drug-likeness (QED) is 0.395. The number of allylic oxidation sites excluding steroid dienone is 6. The Bertz CT molecular complexity index is 828. The second-order valence-corrected chi connectivity index (χ2v) is 7.87. The zero-order chi connectivity index (χ0) is 22.2. The van der Waals surface area contributed by atoms with Crippen molar-refractivity contribution in [1.82, 2.24) is 10.3 Å². The number of hydrogen-bond acceptors (Lipinski definition) is 6. The number of nitrogens with one attached hydrogen (secondary N) is 1. The van der Waals surface area contributed by atoms with Gasteiger partial charge in [-0.3, -0.25) is 4.99 Å².